The van der Waals surface area contributed by atoms with Crippen molar-refractivity contribution < 1.29 is 34.5 Å². The highest BCUT2D eigenvalue weighted by molar-refractivity contribution is 5.93. The molecular formula is C18H22N4O7. The summed E-state index contributed by atoms with van der Waals surface area (Å²) in [5.41, 5.74) is 6.89. The Balaban J connectivity index is 2.06. The zero-order valence-electron chi connectivity index (χ0n) is 15.3. The molecule has 0 aliphatic carbocycles. The van der Waals surface area contributed by atoms with E-state index in [4.69, 9.17) is 10.8 Å². The van der Waals surface area contributed by atoms with Gasteiger partial charge in [0.15, 0.2) is 0 Å². The fourth-order valence-electron chi connectivity index (χ4n) is 2.75. The first-order valence-electron chi connectivity index (χ1n) is 8.69. The number of aliphatic hydroxyl groups excluding tert-OH is 1. The number of fused-ring (bicyclic) bond motifs is 1. The quantitative estimate of drug-likeness (QED) is 0.249. The lowest BCUT2D eigenvalue weighted by Gasteiger charge is -2.21. The van der Waals surface area contributed by atoms with Crippen molar-refractivity contribution in [1.29, 1.82) is 0 Å². The molecule has 0 aliphatic heterocycles. The second-order valence-electron chi connectivity index (χ2n) is 6.41. The summed E-state index contributed by atoms with van der Waals surface area (Å²) in [6.45, 7) is -0.823. The highest BCUT2D eigenvalue weighted by Gasteiger charge is 2.28. The SMILES string of the molecule is N[C@@H](CC(=O)O)C(=O)N[C@@H](CO)C(=O)N[C@H](Cc1c[nH]c2ccccc12)C(=O)O. The number of hydrogen-bond donors (Lipinski definition) is 7. The molecule has 2 amide bonds. The number of carboxylic acid groups (broad SMARTS) is 2. The van der Waals surface area contributed by atoms with E-state index in [1.807, 2.05) is 18.2 Å². The third-order valence-corrected chi connectivity index (χ3v) is 4.26. The van der Waals surface area contributed by atoms with Crippen molar-refractivity contribution in [2.75, 3.05) is 6.61 Å². The van der Waals surface area contributed by atoms with Gasteiger partial charge >= 0.3 is 11.9 Å². The fourth-order valence-corrected chi connectivity index (χ4v) is 2.75. The van der Waals surface area contributed by atoms with E-state index >= 15 is 0 Å². The van der Waals surface area contributed by atoms with Crippen LogP contribution in [-0.4, -0.2) is 68.8 Å². The number of benzene rings is 1. The first-order valence-corrected chi connectivity index (χ1v) is 8.69. The molecule has 3 atom stereocenters. The number of nitrogens with one attached hydrogen (secondary N) is 3. The number of aliphatic hydroxyl groups is 1. The number of aliphatic carboxylic acids is 2. The molecule has 1 aromatic carbocycles. The highest BCUT2D eigenvalue weighted by atomic mass is 16.4. The highest BCUT2D eigenvalue weighted by Crippen LogP contribution is 2.19. The fraction of sp³-hybridized carbons (Fsp3) is 0.333. The predicted molar refractivity (Wildman–Crippen MR) is 101 cm³/mol. The summed E-state index contributed by atoms with van der Waals surface area (Å²) in [5, 5.41) is 32.7. The van der Waals surface area contributed by atoms with Crippen LogP contribution in [0.3, 0.4) is 0 Å². The molecule has 0 saturated heterocycles. The molecule has 1 heterocycles. The Kier molecular flexibility index (Phi) is 7.28. The lowest BCUT2D eigenvalue weighted by molar-refractivity contribution is -0.143. The maximum absolute atomic E-state index is 12.3. The molecule has 0 aliphatic rings. The minimum atomic E-state index is -1.48. The van der Waals surface area contributed by atoms with Crippen LogP contribution >= 0.6 is 0 Å². The number of aromatic nitrogens is 1. The molecule has 29 heavy (non-hydrogen) atoms. The predicted octanol–water partition coefficient (Wildman–Crippen LogP) is -1.44. The molecular weight excluding hydrogens is 384 g/mol. The molecule has 156 valence electrons. The van der Waals surface area contributed by atoms with Crippen LogP contribution in [0.15, 0.2) is 30.5 Å². The number of carboxylic acids is 2. The number of hydrogen-bond acceptors (Lipinski definition) is 6. The van der Waals surface area contributed by atoms with Crippen LogP contribution < -0.4 is 16.4 Å². The van der Waals surface area contributed by atoms with Crippen molar-refractivity contribution in [3.05, 3.63) is 36.0 Å². The van der Waals surface area contributed by atoms with Crippen LogP contribution in [0, 0.1) is 0 Å². The molecule has 2 rings (SSSR count). The Labute approximate surface area is 164 Å². The molecule has 0 unspecified atom stereocenters. The van der Waals surface area contributed by atoms with Crippen LogP contribution in [0.1, 0.15) is 12.0 Å². The van der Waals surface area contributed by atoms with Crippen molar-refractivity contribution >= 4 is 34.7 Å². The summed E-state index contributed by atoms with van der Waals surface area (Å²) in [4.78, 5) is 49.4. The number of aromatic amines is 1. The van der Waals surface area contributed by atoms with Gasteiger partial charge in [0, 0.05) is 23.5 Å². The zero-order chi connectivity index (χ0) is 21.6. The van der Waals surface area contributed by atoms with E-state index in [0.717, 1.165) is 10.9 Å². The molecule has 0 spiro atoms. The van der Waals surface area contributed by atoms with Gasteiger partial charge in [-0.3, -0.25) is 14.4 Å². The van der Waals surface area contributed by atoms with Crippen molar-refractivity contribution in [3.63, 3.8) is 0 Å². The smallest absolute Gasteiger partial charge is 0.326 e. The standard InChI is InChI=1S/C18H22N4O7/c19-11(6-15(24)25)16(26)22-14(8-23)17(27)21-13(18(28)29)5-9-7-20-12-4-2-1-3-10(9)12/h1-4,7,11,13-14,20,23H,5-6,8,19H2,(H,21,27)(H,22,26)(H,24,25)(H,28,29)/t11-,13+,14-/m0/s1. The Morgan fingerprint density at radius 1 is 1.03 bits per heavy atom. The van der Waals surface area contributed by atoms with E-state index in [-0.39, 0.29) is 6.42 Å². The van der Waals surface area contributed by atoms with Gasteiger partial charge in [0.05, 0.1) is 19.1 Å². The summed E-state index contributed by atoms with van der Waals surface area (Å²) >= 11 is 0. The number of H-pyrrole nitrogens is 1. The van der Waals surface area contributed by atoms with Crippen molar-refractivity contribution in [2.45, 2.75) is 31.0 Å². The summed E-state index contributed by atoms with van der Waals surface area (Å²) in [7, 11) is 0. The summed E-state index contributed by atoms with van der Waals surface area (Å²) in [6, 6.07) is 3.03. The van der Waals surface area contributed by atoms with Gasteiger partial charge in [-0.15, -0.1) is 0 Å². The Morgan fingerprint density at radius 2 is 1.69 bits per heavy atom. The van der Waals surface area contributed by atoms with Crippen LogP contribution in [0.5, 0.6) is 0 Å². The molecule has 0 bridgehead atoms. The second-order valence-corrected chi connectivity index (χ2v) is 6.41. The number of nitrogens with two attached hydrogens (primary N) is 1. The van der Waals surface area contributed by atoms with E-state index < -0.39 is 54.9 Å². The summed E-state index contributed by atoms with van der Waals surface area (Å²) in [5.74, 6) is -4.49. The van der Waals surface area contributed by atoms with E-state index in [1.165, 1.54) is 0 Å². The van der Waals surface area contributed by atoms with Gasteiger partial charge in [-0.2, -0.15) is 0 Å². The van der Waals surface area contributed by atoms with Gasteiger partial charge in [0.25, 0.3) is 0 Å². The molecule has 1 aromatic heterocycles. The van der Waals surface area contributed by atoms with Crippen LogP contribution in [0.4, 0.5) is 0 Å². The maximum Gasteiger partial charge on any atom is 0.326 e. The molecule has 0 fully saturated rings. The Morgan fingerprint density at radius 3 is 2.31 bits per heavy atom. The zero-order valence-corrected chi connectivity index (χ0v) is 15.3. The lowest BCUT2D eigenvalue weighted by Crippen LogP contribution is -2.56. The number of carbonyl (C=O) groups is 4. The van der Waals surface area contributed by atoms with Crippen molar-refractivity contribution in [3.8, 4) is 0 Å². The maximum atomic E-state index is 12.3. The van der Waals surface area contributed by atoms with Gasteiger partial charge in [-0.25, -0.2) is 4.79 Å². The molecule has 11 nitrogen and oxygen atoms in total. The molecule has 0 saturated carbocycles. The number of carbonyl (C=O) groups excluding carboxylic acids is 2. The van der Waals surface area contributed by atoms with Crippen LogP contribution in [0.2, 0.25) is 0 Å². The van der Waals surface area contributed by atoms with Crippen LogP contribution in [-0.2, 0) is 25.6 Å². The van der Waals surface area contributed by atoms with Gasteiger partial charge < -0.3 is 36.7 Å². The average Bonchev–Trinajstić information content (AvgIpc) is 3.07. The Bertz CT molecular complexity index is 911. The first-order chi connectivity index (χ1) is 13.7. The minimum Gasteiger partial charge on any atom is -0.481 e. The topological polar surface area (TPSA) is 195 Å². The van der Waals surface area contributed by atoms with Gasteiger partial charge in [-0.1, -0.05) is 18.2 Å². The molecule has 11 heteroatoms. The first kappa shape index (κ1) is 21.9. The third kappa shape index (κ3) is 5.77. The molecule has 2 aromatic rings. The lowest BCUT2D eigenvalue weighted by atomic mass is 10.0. The number of rotatable bonds is 10. The monoisotopic (exact) mass is 406 g/mol. The minimum absolute atomic E-state index is 0.0320. The second kappa shape index (κ2) is 9.66. The van der Waals surface area contributed by atoms with Gasteiger partial charge in [-0.05, 0) is 11.6 Å². The summed E-state index contributed by atoms with van der Waals surface area (Å²) < 4.78 is 0. The van der Waals surface area contributed by atoms with E-state index in [9.17, 15) is 29.4 Å². The molecule has 0 radical (unpaired) electrons. The largest absolute Gasteiger partial charge is 0.481 e. The van der Waals surface area contributed by atoms with Gasteiger partial charge in [0.1, 0.15) is 12.1 Å². The normalized spacial score (nSPS) is 14.0. The van der Waals surface area contributed by atoms with E-state index in [1.54, 1.807) is 12.3 Å². The van der Waals surface area contributed by atoms with Crippen molar-refractivity contribution in [1.82, 2.24) is 15.6 Å². The number of amides is 2. The van der Waals surface area contributed by atoms with Crippen molar-refractivity contribution in [2.24, 2.45) is 5.73 Å². The van der Waals surface area contributed by atoms with E-state index in [2.05, 4.69) is 15.6 Å². The number of para-hydroxylation sites is 1. The van der Waals surface area contributed by atoms with Gasteiger partial charge in [0.2, 0.25) is 11.8 Å². The van der Waals surface area contributed by atoms with E-state index in [0.29, 0.717) is 5.56 Å². The Hall–Kier alpha value is -3.44. The summed E-state index contributed by atoms with van der Waals surface area (Å²) in [6.07, 6.45) is 0.947. The third-order valence-electron chi connectivity index (χ3n) is 4.26. The average molecular weight is 406 g/mol. The molecule has 8 N–H and O–H groups in total. The van der Waals surface area contributed by atoms with Crippen LogP contribution in [0.25, 0.3) is 10.9 Å².